The van der Waals surface area contributed by atoms with Crippen molar-refractivity contribution in [3.8, 4) is 0 Å². The molecule has 0 saturated carbocycles. The van der Waals surface area contributed by atoms with Crippen LogP contribution in [-0.4, -0.2) is 39.4 Å². The Morgan fingerprint density at radius 3 is 2.84 bits per heavy atom. The molecular weight excluding hydrogens is 286 g/mol. The zero-order chi connectivity index (χ0) is 14.5. The molecule has 6 nitrogen and oxygen atoms in total. The van der Waals surface area contributed by atoms with Gasteiger partial charge in [0.25, 0.3) is 5.91 Å². The van der Waals surface area contributed by atoms with Crippen molar-refractivity contribution in [1.29, 1.82) is 0 Å². The molecule has 1 aromatic heterocycles. The quantitative estimate of drug-likeness (QED) is 0.644. The van der Waals surface area contributed by atoms with Crippen LogP contribution in [0.5, 0.6) is 0 Å². The molecule has 0 spiro atoms. The Labute approximate surface area is 116 Å². The molecule has 1 rings (SSSR count). The van der Waals surface area contributed by atoms with Crippen LogP contribution in [0.3, 0.4) is 0 Å². The minimum absolute atomic E-state index is 0.0306. The number of nitrogens with two attached hydrogens (primary N) is 1. The molecule has 8 heteroatoms. The number of nitrogen functional groups attached to an aromatic ring is 1. The largest absolute Gasteiger partial charge is 0.397 e. The Morgan fingerprint density at radius 1 is 1.58 bits per heavy atom. The van der Waals surface area contributed by atoms with E-state index in [1.807, 2.05) is 0 Å². The van der Waals surface area contributed by atoms with E-state index in [4.69, 9.17) is 5.73 Å². The number of sulfone groups is 1. The summed E-state index contributed by atoms with van der Waals surface area (Å²) in [5.41, 5.74) is 6.11. The maximum atomic E-state index is 11.7. The third-order valence-corrected chi connectivity index (χ3v) is 4.20. The number of thiophene rings is 1. The number of nitrogens with one attached hydrogen (secondary N) is 2. The molecule has 0 atom stereocenters. The number of carbonyl (C=O) groups excluding carboxylic acids is 1. The topological polar surface area (TPSA) is 101 Å². The SMILES string of the molecule is C=CCNC(=O)c1sc(NCCS(C)(=O)=O)cc1N. The average Bonchev–Trinajstić information content (AvgIpc) is 2.66. The normalized spacial score (nSPS) is 11.0. The summed E-state index contributed by atoms with van der Waals surface area (Å²) >= 11 is 1.19. The molecule has 0 unspecified atom stereocenters. The lowest BCUT2D eigenvalue weighted by Crippen LogP contribution is -2.22. The van der Waals surface area contributed by atoms with Crippen LogP contribution in [0.2, 0.25) is 0 Å². The molecule has 0 aliphatic rings. The fourth-order valence-corrected chi connectivity index (χ4v) is 2.67. The molecule has 0 fully saturated rings. The minimum Gasteiger partial charge on any atom is -0.397 e. The van der Waals surface area contributed by atoms with Gasteiger partial charge in [-0.1, -0.05) is 6.08 Å². The fraction of sp³-hybridized carbons (Fsp3) is 0.364. The van der Waals surface area contributed by atoms with Crippen LogP contribution >= 0.6 is 11.3 Å². The van der Waals surface area contributed by atoms with Crippen LogP contribution in [0.4, 0.5) is 10.7 Å². The van der Waals surface area contributed by atoms with E-state index in [1.54, 1.807) is 12.1 Å². The highest BCUT2D eigenvalue weighted by Crippen LogP contribution is 2.28. The van der Waals surface area contributed by atoms with Gasteiger partial charge in [0.2, 0.25) is 0 Å². The van der Waals surface area contributed by atoms with Crippen molar-refractivity contribution in [3.63, 3.8) is 0 Å². The Bertz CT molecular complexity index is 564. The first-order chi connectivity index (χ1) is 8.83. The lowest BCUT2D eigenvalue weighted by Gasteiger charge is -2.01. The number of rotatable bonds is 7. The number of anilines is 2. The molecule has 19 heavy (non-hydrogen) atoms. The van der Waals surface area contributed by atoms with Crippen molar-refractivity contribution in [2.45, 2.75) is 0 Å². The van der Waals surface area contributed by atoms with Crippen LogP contribution in [0.15, 0.2) is 18.7 Å². The van der Waals surface area contributed by atoms with E-state index in [-0.39, 0.29) is 18.2 Å². The summed E-state index contributed by atoms with van der Waals surface area (Å²) in [5, 5.41) is 6.24. The highest BCUT2D eigenvalue weighted by Gasteiger charge is 2.13. The van der Waals surface area contributed by atoms with E-state index < -0.39 is 9.84 Å². The summed E-state index contributed by atoms with van der Waals surface area (Å²) in [4.78, 5) is 12.1. The van der Waals surface area contributed by atoms with Gasteiger partial charge in [-0.3, -0.25) is 4.79 Å². The van der Waals surface area contributed by atoms with Gasteiger partial charge in [0.1, 0.15) is 14.7 Å². The van der Waals surface area contributed by atoms with Gasteiger partial charge in [-0.2, -0.15) is 0 Å². The second-order valence-corrected chi connectivity index (χ2v) is 7.26. The highest BCUT2D eigenvalue weighted by molar-refractivity contribution is 7.90. The van der Waals surface area contributed by atoms with Crippen molar-refractivity contribution < 1.29 is 13.2 Å². The van der Waals surface area contributed by atoms with Crippen LogP contribution in [-0.2, 0) is 9.84 Å². The van der Waals surface area contributed by atoms with Gasteiger partial charge in [-0.25, -0.2) is 8.42 Å². The highest BCUT2D eigenvalue weighted by atomic mass is 32.2. The van der Waals surface area contributed by atoms with Crippen molar-refractivity contribution >= 4 is 37.8 Å². The Hall–Kier alpha value is -1.54. The molecule has 0 aromatic carbocycles. The minimum atomic E-state index is -3.01. The lowest BCUT2D eigenvalue weighted by molar-refractivity contribution is 0.0963. The summed E-state index contributed by atoms with van der Waals surface area (Å²) in [6.45, 7) is 4.16. The monoisotopic (exact) mass is 303 g/mol. The number of carbonyl (C=O) groups is 1. The van der Waals surface area contributed by atoms with Gasteiger partial charge < -0.3 is 16.4 Å². The van der Waals surface area contributed by atoms with E-state index in [9.17, 15) is 13.2 Å². The molecule has 0 saturated heterocycles. The van der Waals surface area contributed by atoms with Gasteiger partial charge in [0.15, 0.2) is 0 Å². The van der Waals surface area contributed by atoms with Gasteiger partial charge >= 0.3 is 0 Å². The molecule has 0 radical (unpaired) electrons. The van der Waals surface area contributed by atoms with Crippen molar-refractivity contribution in [2.75, 3.05) is 36.1 Å². The van der Waals surface area contributed by atoms with Crippen molar-refractivity contribution in [3.05, 3.63) is 23.6 Å². The Balaban J connectivity index is 2.63. The van der Waals surface area contributed by atoms with Crippen LogP contribution in [0, 0.1) is 0 Å². The zero-order valence-electron chi connectivity index (χ0n) is 10.6. The van der Waals surface area contributed by atoms with Gasteiger partial charge in [0, 0.05) is 19.3 Å². The Kier molecular flexibility index (Phi) is 5.37. The summed E-state index contributed by atoms with van der Waals surface area (Å²) in [5.74, 6) is -0.235. The number of hydrogen-bond acceptors (Lipinski definition) is 6. The van der Waals surface area contributed by atoms with E-state index in [2.05, 4.69) is 17.2 Å². The molecular formula is C11H17N3O3S2. The zero-order valence-corrected chi connectivity index (χ0v) is 12.2. The molecule has 1 amide bonds. The van der Waals surface area contributed by atoms with Crippen LogP contribution in [0.25, 0.3) is 0 Å². The van der Waals surface area contributed by atoms with E-state index in [1.165, 1.54) is 17.6 Å². The Morgan fingerprint density at radius 2 is 2.26 bits per heavy atom. The number of amides is 1. The van der Waals surface area contributed by atoms with E-state index in [0.29, 0.717) is 22.1 Å². The predicted octanol–water partition coefficient (Wildman–Crippen LogP) is 0.703. The van der Waals surface area contributed by atoms with Crippen LogP contribution in [0.1, 0.15) is 9.67 Å². The first-order valence-corrected chi connectivity index (χ1v) is 8.41. The van der Waals surface area contributed by atoms with E-state index in [0.717, 1.165) is 0 Å². The maximum absolute atomic E-state index is 11.7. The summed E-state index contributed by atoms with van der Waals surface area (Å²) < 4.78 is 22.0. The first-order valence-electron chi connectivity index (χ1n) is 5.53. The standard InChI is InChI=1S/C11H17N3O3S2/c1-3-4-14-11(15)10-8(12)7-9(18-10)13-5-6-19(2,16)17/h3,7,13H,1,4-6,12H2,2H3,(H,14,15). The lowest BCUT2D eigenvalue weighted by atomic mass is 10.3. The molecule has 0 aliphatic carbocycles. The summed E-state index contributed by atoms with van der Waals surface area (Å²) in [6.07, 6.45) is 2.75. The molecule has 106 valence electrons. The average molecular weight is 303 g/mol. The number of hydrogen-bond donors (Lipinski definition) is 3. The third kappa shape index (κ3) is 5.31. The van der Waals surface area contributed by atoms with Crippen molar-refractivity contribution in [1.82, 2.24) is 5.32 Å². The fourth-order valence-electron chi connectivity index (χ4n) is 1.27. The molecule has 1 aromatic rings. The van der Waals surface area contributed by atoms with Gasteiger partial charge in [0.05, 0.1) is 16.4 Å². The van der Waals surface area contributed by atoms with Crippen LogP contribution < -0.4 is 16.4 Å². The smallest absolute Gasteiger partial charge is 0.263 e. The summed E-state index contributed by atoms with van der Waals surface area (Å²) in [7, 11) is -3.01. The molecule has 4 N–H and O–H groups in total. The first kappa shape index (κ1) is 15.5. The maximum Gasteiger partial charge on any atom is 0.263 e. The second kappa shape index (κ2) is 6.58. The summed E-state index contributed by atoms with van der Waals surface area (Å²) in [6, 6.07) is 1.62. The molecule has 0 bridgehead atoms. The van der Waals surface area contributed by atoms with Crippen molar-refractivity contribution in [2.24, 2.45) is 0 Å². The third-order valence-electron chi connectivity index (χ3n) is 2.15. The van der Waals surface area contributed by atoms with Gasteiger partial charge in [-0.15, -0.1) is 17.9 Å². The second-order valence-electron chi connectivity index (χ2n) is 3.95. The predicted molar refractivity (Wildman–Crippen MR) is 79.5 cm³/mol. The van der Waals surface area contributed by atoms with E-state index >= 15 is 0 Å². The van der Waals surface area contributed by atoms with Gasteiger partial charge in [-0.05, 0) is 6.07 Å². The molecule has 1 heterocycles. The molecule has 0 aliphatic heterocycles.